The maximum Gasteiger partial charge on any atom is 0.264 e. The SMILES string of the molecule is CN(c1ccccc1)S(=O)(=O)c1ccc(C(=O)Nc2cccc(Cl)c2Cl)cc1. The van der Waals surface area contributed by atoms with Crippen LogP contribution >= 0.6 is 23.2 Å². The summed E-state index contributed by atoms with van der Waals surface area (Å²) < 4.78 is 26.7. The third-order valence-electron chi connectivity index (χ3n) is 4.09. The molecule has 8 heteroatoms. The summed E-state index contributed by atoms with van der Waals surface area (Å²) in [6.45, 7) is 0. The van der Waals surface area contributed by atoms with Gasteiger partial charge in [0.2, 0.25) is 0 Å². The van der Waals surface area contributed by atoms with Crippen molar-refractivity contribution in [3.05, 3.63) is 88.4 Å². The second-order valence-corrected chi connectivity index (χ2v) is 8.64. The maximum atomic E-state index is 12.8. The fourth-order valence-corrected chi connectivity index (χ4v) is 4.05. The molecule has 0 bridgehead atoms. The van der Waals surface area contributed by atoms with Crippen LogP contribution in [-0.2, 0) is 10.0 Å². The number of halogens is 2. The van der Waals surface area contributed by atoms with Crippen molar-refractivity contribution in [3.63, 3.8) is 0 Å². The Morgan fingerprint density at radius 1 is 0.893 bits per heavy atom. The van der Waals surface area contributed by atoms with E-state index in [1.54, 1.807) is 42.5 Å². The minimum absolute atomic E-state index is 0.0798. The number of nitrogens with one attached hydrogen (secondary N) is 1. The summed E-state index contributed by atoms with van der Waals surface area (Å²) in [5.41, 5.74) is 1.21. The van der Waals surface area contributed by atoms with Crippen molar-refractivity contribution in [3.8, 4) is 0 Å². The molecule has 0 aliphatic rings. The van der Waals surface area contributed by atoms with Gasteiger partial charge in [-0.05, 0) is 48.5 Å². The number of para-hydroxylation sites is 1. The fourth-order valence-electron chi connectivity index (χ4n) is 2.51. The van der Waals surface area contributed by atoms with E-state index < -0.39 is 15.9 Å². The first-order chi connectivity index (χ1) is 13.3. The monoisotopic (exact) mass is 434 g/mol. The van der Waals surface area contributed by atoms with Gasteiger partial charge in [-0.15, -0.1) is 0 Å². The Bertz CT molecular complexity index is 1100. The van der Waals surface area contributed by atoms with Crippen LogP contribution in [0.3, 0.4) is 0 Å². The Morgan fingerprint density at radius 3 is 2.18 bits per heavy atom. The highest BCUT2D eigenvalue weighted by atomic mass is 35.5. The molecule has 0 heterocycles. The number of hydrogen-bond acceptors (Lipinski definition) is 3. The van der Waals surface area contributed by atoms with Crippen molar-refractivity contribution in [1.29, 1.82) is 0 Å². The van der Waals surface area contributed by atoms with E-state index in [0.29, 0.717) is 16.4 Å². The van der Waals surface area contributed by atoms with Crippen molar-refractivity contribution in [2.75, 3.05) is 16.7 Å². The van der Waals surface area contributed by atoms with Crippen LogP contribution in [0.2, 0.25) is 10.0 Å². The number of rotatable bonds is 5. The summed E-state index contributed by atoms with van der Waals surface area (Å²) in [4.78, 5) is 12.5. The molecule has 0 atom stereocenters. The number of carbonyl (C=O) groups excluding carboxylic acids is 1. The van der Waals surface area contributed by atoms with E-state index in [0.717, 1.165) is 0 Å². The van der Waals surface area contributed by atoms with Crippen molar-refractivity contribution in [2.45, 2.75) is 4.90 Å². The Labute approximate surface area is 173 Å². The molecule has 0 aliphatic carbocycles. The molecule has 1 N–H and O–H groups in total. The van der Waals surface area contributed by atoms with Crippen LogP contribution in [0.25, 0.3) is 0 Å². The van der Waals surface area contributed by atoms with Gasteiger partial charge in [-0.3, -0.25) is 9.10 Å². The predicted octanol–water partition coefficient (Wildman–Crippen LogP) is 5.07. The average Bonchev–Trinajstić information content (AvgIpc) is 2.71. The smallest absolute Gasteiger partial charge is 0.264 e. The zero-order valence-electron chi connectivity index (χ0n) is 14.8. The van der Waals surface area contributed by atoms with E-state index in [-0.39, 0.29) is 15.5 Å². The first-order valence-electron chi connectivity index (χ1n) is 8.20. The van der Waals surface area contributed by atoms with Gasteiger partial charge in [0.25, 0.3) is 15.9 Å². The van der Waals surface area contributed by atoms with Gasteiger partial charge in [-0.2, -0.15) is 0 Å². The number of nitrogens with zero attached hydrogens (tertiary/aromatic N) is 1. The molecule has 1 amide bonds. The molecule has 0 aromatic heterocycles. The standard InChI is InChI=1S/C20H16Cl2N2O3S/c1-24(15-6-3-2-4-7-15)28(26,27)16-12-10-14(11-13-16)20(25)23-18-9-5-8-17(21)19(18)22/h2-13H,1H3,(H,23,25). The van der Waals surface area contributed by atoms with Crippen molar-refractivity contribution in [2.24, 2.45) is 0 Å². The molecule has 5 nitrogen and oxygen atoms in total. The zero-order chi connectivity index (χ0) is 20.3. The van der Waals surface area contributed by atoms with E-state index in [9.17, 15) is 13.2 Å². The highest BCUT2D eigenvalue weighted by Gasteiger charge is 2.21. The summed E-state index contributed by atoms with van der Waals surface area (Å²) in [5.74, 6) is -0.426. The van der Waals surface area contributed by atoms with E-state index in [2.05, 4.69) is 5.32 Å². The molecule has 144 valence electrons. The normalized spacial score (nSPS) is 11.1. The number of sulfonamides is 1. The lowest BCUT2D eigenvalue weighted by Crippen LogP contribution is -2.26. The molecule has 0 unspecified atom stereocenters. The molecule has 3 rings (SSSR count). The Hall–Kier alpha value is -2.54. The summed E-state index contributed by atoms with van der Waals surface area (Å²) in [6.07, 6.45) is 0. The van der Waals surface area contributed by atoms with Crippen LogP contribution in [0.4, 0.5) is 11.4 Å². The average molecular weight is 435 g/mol. The minimum atomic E-state index is -3.74. The fraction of sp³-hybridized carbons (Fsp3) is 0.0500. The largest absolute Gasteiger partial charge is 0.321 e. The lowest BCUT2D eigenvalue weighted by atomic mass is 10.2. The van der Waals surface area contributed by atoms with E-state index >= 15 is 0 Å². The number of carbonyl (C=O) groups is 1. The predicted molar refractivity (Wildman–Crippen MR) is 113 cm³/mol. The molecule has 0 spiro atoms. The van der Waals surface area contributed by atoms with Crippen LogP contribution in [0.1, 0.15) is 10.4 Å². The van der Waals surface area contributed by atoms with Gasteiger partial charge in [0.1, 0.15) is 0 Å². The topological polar surface area (TPSA) is 66.5 Å². The number of hydrogen-bond donors (Lipinski definition) is 1. The molecular weight excluding hydrogens is 419 g/mol. The Balaban J connectivity index is 1.81. The van der Waals surface area contributed by atoms with Gasteiger partial charge in [-0.25, -0.2) is 8.42 Å². The zero-order valence-corrected chi connectivity index (χ0v) is 17.1. The lowest BCUT2D eigenvalue weighted by molar-refractivity contribution is 0.102. The second-order valence-electron chi connectivity index (χ2n) is 5.89. The van der Waals surface area contributed by atoms with Gasteiger partial charge in [0.05, 0.1) is 26.3 Å². The number of benzene rings is 3. The van der Waals surface area contributed by atoms with Gasteiger partial charge in [-0.1, -0.05) is 47.5 Å². The number of anilines is 2. The molecule has 0 aliphatic heterocycles. The molecule has 0 saturated heterocycles. The van der Waals surface area contributed by atoms with Crippen molar-refractivity contribution in [1.82, 2.24) is 0 Å². The minimum Gasteiger partial charge on any atom is -0.321 e. The van der Waals surface area contributed by atoms with E-state index in [1.807, 2.05) is 6.07 Å². The van der Waals surface area contributed by atoms with Gasteiger partial charge in [0.15, 0.2) is 0 Å². The molecule has 0 saturated carbocycles. The van der Waals surface area contributed by atoms with Gasteiger partial charge < -0.3 is 5.32 Å². The lowest BCUT2D eigenvalue weighted by Gasteiger charge is -2.19. The van der Waals surface area contributed by atoms with Gasteiger partial charge in [0, 0.05) is 12.6 Å². The highest BCUT2D eigenvalue weighted by molar-refractivity contribution is 7.92. The van der Waals surface area contributed by atoms with Crippen LogP contribution in [0.15, 0.2) is 77.7 Å². The van der Waals surface area contributed by atoms with Crippen LogP contribution in [-0.4, -0.2) is 21.4 Å². The molecular formula is C20H16Cl2N2O3S. The van der Waals surface area contributed by atoms with E-state index in [1.165, 1.54) is 35.6 Å². The third kappa shape index (κ3) is 4.14. The molecule has 0 fully saturated rings. The quantitative estimate of drug-likeness (QED) is 0.609. The highest BCUT2D eigenvalue weighted by Crippen LogP contribution is 2.30. The van der Waals surface area contributed by atoms with E-state index in [4.69, 9.17) is 23.2 Å². The first kappa shape index (κ1) is 20.2. The first-order valence-corrected chi connectivity index (χ1v) is 10.4. The van der Waals surface area contributed by atoms with Crippen LogP contribution in [0, 0.1) is 0 Å². The third-order valence-corrected chi connectivity index (χ3v) is 6.71. The van der Waals surface area contributed by atoms with Crippen LogP contribution in [0.5, 0.6) is 0 Å². The van der Waals surface area contributed by atoms with Crippen molar-refractivity contribution >= 4 is 50.5 Å². The molecule has 0 radical (unpaired) electrons. The Kier molecular flexibility index (Phi) is 5.93. The summed E-state index contributed by atoms with van der Waals surface area (Å²) in [5, 5.41) is 3.22. The summed E-state index contributed by atoms with van der Waals surface area (Å²) >= 11 is 12.0. The van der Waals surface area contributed by atoms with Crippen LogP contribution < -0.4 is 9.62 Å². The van der Waals surface area contributed by atoms with Crippen molar-refractivity contribution < 1.29 is 13.2 Å². The number of amides is 1. The van der Waals surface area contributed by atoms with Gasteiger partial charge >= 0.3 is 0 Å². The molecule has 28 heavy (non-hydrogen) atoms. The maximum absolute atomic E-state index is 12.8. The second kappa shape index (κ2) is 8.22. The summed E-state index contributed by atoms with van der Waals surface area (Å²) in [6, 6.07) is 19.3. The molecule has 3 aromatic rings. The Morgan fingerprint density at radius 2 is 1.54 bits per heavy atom. The summed E-state index contributed by atoms with van der Waals surface area (Å²) in [7, 11) is -2.26. The molecule has 3 aromatic carbocycles.